The topological polar surface area (TPSA) is 141 Å². The van der Waals surface area contributed by atoms with Crippen molar-refractivity contribution in [2.24, 2.45) is 0 Å². The first-order chi connectivity index (χ1) is 14.0. The summed E-state index contributed by atoms with van der Waals surface area (Å²) in [5, 5.41) is 9.08. The van der Waals surface area contributed by atoms with E-state index >= 15 is 0 Å². The number of fused-ring (bicyclic) bond motifs is 1. The third-order valence-electron chi connectivity index (χ3n) is 4.73. The Bertz CT molecular complexity index is 1120. The molecule has 0 fully saturated rings. The van der Waals surface area contributed by atoms with Gasteiger partial charge < -0.3 is 5.32 Å². The van der Waals surface area contributed by atoms with Crippen LogP contribution in [0.15, 0.2) is 23.1 Å². The lowest BCUT2D eigenvalue weighted by atomic mass is 10.1. The van der Waals surface area contributed by atoms with Crippen LogP contribution in [0.3, 0.4) is 0 Å². The molecule has 0 unspecified atom stereocenters. The summed E-state index contributed by atoms with van der Waals surface area (Å²) in [5.74, 6) is -1.29. The van der Waals surface area contributed by atoms with Crippen molar-refractivity contribution in [1.82, 2.24) is 25.1 Å². The highest BCUT2D eigenvalue weighted by molar-refractivity contribution is 7.89. The van der Waals surface area contributed by atoms with Crippen LogP contribution in [0.5, 0.6) is 0 Å². The molecule has 0 atom stereocenters. The van der Waals surface area contributed by atoms with E-state index < -0.39 is 21.8 Å². The highest BCUT2D eigenvalue weighted by atomic mass is 32.2. The van der Waals surface area contributed by atoms with E-state index in [0.717, 1.165) is 4.90 Å². The maximum Gasteiger partial charge on any atom is 0.261 e. The number of imide groups is 1. The first kappa shape index (κ1) is 21.7. The number of hydrogen-bond donors (Lipinski definition) is 3. The minimum atomic E-state index is -3.76. The average molecular weight is 433 g/mol. The second-order valence-electron chi connectivity index (χ2n) is 7.25. The molecule has 160 valence electrons. The van der Waals surface area contributed by atoms with Gasteiger partial charge in [0.25, 0.3) is 17.7 Å². The fourth-order valence-corrected chi connectivity index (χ4v) is 4.74. The van der Waals surface area contributed by atoms with E-state index in [4.69, 9.17) is 0 Å². The van der Waals surface area contributed by atoms with E-state index in [9.17, 15) is 22.8 Å². The van der Waals surface area contributed by atoms with Gasteiger partial charge in [0.2, 0.25) is 10.0 Å². The van der Waals surface area contributed by atoms with Gasteiger partial charge in [-0.3, -0.25) is 24.4 Å². The highest BCUT2D eigenvalue weighted by Crippen LogP contribution is 2.25. The Morgan fingerprint density at radius 3 is 2.40 bits per heavy atom. The van der Waals surface area contributed by atoms with Crippen LogP contribution in [-0.4, -0.2) is 60.4 Å². The zero-order chi connectivity index (χ0) is 22.2. The Balaban J connectivity index is 1.62. The monoisotopic (exact) mass is 433 g/mol. The molecule has 1 aromatic heterocycles. The molecule has 11 heteroatoms. The van der Waals surface area contributed by atoms with Crippen LogP contribution in [0, 0.1) is 13.8 Å². The molecule has 1 aliphatic rings. The molecule has 30 heavy (non-hydrogen) atoms. The Morgan fingerprint density at radius 1 is 1.13 bits per heavy atom. The van der Waals surface area contributed by atoms with Gasteiger partial charge in [0.05, 0.1) is 22.5 Å². The summed E-state index contributed by atoms with van der Waals surface area (Å²) >= 11 is 0. The molecule has 1 aliphatic heterocycles. The molecule has 0 saturated heterocycles. The minimum absolute atomic E-state index is 0.0262. The zero-order valence-electron chi connectivity index (χ0n) is 17.1. The van der Waals surface area contributed by atoms with Gasteiger partial charge in [0.1, 0.15) is 4.90 Å². The van der Waals surface area contributed by atoms with Gasteiger partial charge in [-0.2, -0.15) is 5.10 Å². The fraction of sp³-hybridized carbons (Fsp3) is 0.368. The maximum atomic E-state index is 12.5. The SMILES string of the molecule is Cc1n[nH]c(C)c1S(=O)(=O)NCCNC(=O)c1ccc2c(c1)C(=O)N(C(C)C)C2=O. The number of aromatic nitrogens is 2. The van der Waals surface area contributed by atoms with Crippen molar-refractivity contribution in [3.05, 3.63) is 46.3 Å². The van der Waals surface area contributed by atoms with E-state index in [1.807, 2.05) is 0 Å². The van der Waals surface area contributed by atoms with E-state index in [1.165, 1.54) is 18.2 Å². The Hall–Kier alpha value is -3.05. The predicted octanol–water partition coefficient (Wildman–Crippen LogP) is 0.739. The summed E-state index contributed by atoms with van der Waals surface area (Å²) in [4.78, 5) is 38.4. The van der Waals surface area contributed by atoms with Crippen molar-refractivity contribution in [2.75, 3.05) is 13.1 Å². The van der Waals surface area contributed by atoms with Crippen molar-refractivity contribution in [3.8, 4) is 0 Å². The van der Waals surface area contributed by atoms with Gasteiger partial charge in [0, 0.05) is 24.7 Å². The number of nitrogens with one attached hydrogen (secondary N) is 3. The number of amides is 3. The molecule has 0 bridgehead atoms. The van der Waals surface area contributed by atoms with Crippen molar-refractivity contribution in [3.63, 3.8) is 0 Å². The smallest absolute Gasteiger partial charge is 0.261 e. The van der Waals surface area contributed by atoms with Gasteiger partial charge in [-0.05, 0) is 45.9 Å². The minimum Gasteiger partial charge on any atom is -0.351 e. The third kappa shape index (κ3) is 3.85. The van der Waals surface area contributed by atoms with Crippen LogP contribution in [0.25, 0.3) is 0 Å². The van der Waals surface area contributed by atoms with Gasteiger partial charge in [0.15, 0.2) is 0 Å². The number of carbonyl (C=O) groups is 3. The molecule has 10 nitrogen and oxygen atoms in total. The lowest BCUT2D eigenvalue weighted by Gasteiger charge is -2.17. The number of rotatable bonds is 7. The van der Waals surface area contributed by atoms with E-state index in [-0.39, 0.29) is 46.6 Å². The summed E-state index contributed by atoms with van der Waals surface area (Å²) in [6.45, 7) is 6.68. The number of hydrogen-bond acceptors (Lipinski definition) is 6. The van der Waals surface area contributed by atoms with E-state index in [1.54, 1.807) is 27.7 Å². The number of aryl methyl sites for hydroxylation is 2. The molecule has 2 heterocycles. The van der Waals surface area contributed by atoms with E-state index in [2.05, 4.69) is 20.2 Å². The normalized spacial score (nSPS) is 13.8. The number of carbonyl (C=O) groups excluding carboxylic acids is 3. The number of sulfonamides is 1. The molecule has 3 N–H and O–H groups in total. The Labute approximate surface area is 174 Å². The summed E-state index contributed by atoms with van der Waals surface area (Å²) in [5.41, 5.74) is 1.45. The summed E-state index contributed by atoms with van der Waals surface area (Å²) in [6, 6.07) is 4.02. The first-order valence-corrected chi connectivity index (χ1v) is 10.8. The molecule has 0 spiro atoms. The zero-order valence-corrected chi connectivity index (χ0v) is 17.9. The summed E-state index contributed by atoms with van der Waals surface area (Å²) < 4.78 is 27.2. The number of H-pyrrole nitrogens is 1. The molecule has 3 amide bonds. The van der Waals surface area contributed by atoms with Crippen molar-refractivity contribution in [1.29, 1.82) is 0 Å². The van der Waals surface area contributed by atoms with Crippen LogP contribution >= 0.6 is 0 Å². The van der Waals surface area contributed by atoms with Crippen molar-refractivity contribution in [2.45, 2.75) is 38.6 Å². The first-order valence-electron chi connectivity index (χ1n) is 9.36. The van der Waals surface area contributed by atoms with Crippen LogP contribution < -0.4 is 10.0 Å². The van der Waals surface area contributed by atoms with Gasteiger partial charge >= 0.3 is 0 Å². The number of nitrogens with zero attached hydrogens (tertiary/aromatic N) is 2. The van der Waals surface area contributed by atoms with Crippen molar-refractivity contribution >= 4 is 27.7 Å². The number of aromatic amines is 1. The van der Waals surface area contributed by atoms with Crippen LogP contribution in [0.2, 0.25) is 0 Å². The van der Waals surface area contributed by atoms with Crippen molar-refractivity contribution < 1.29 is 22.8 Å². The standard InChI is InChI=1S/C19H23N5O5S/c1-10(2)24-18(26)14-6-5-13(9-15(14)19(24)27)17(25)20-7-8-21-30(28,29)16-11(3)22-23-12(16)4/h5-6,9-10,21H,7-8H2,1-4H3,(H,20,25)(H,22,23). The second-order valence-corrected chi connectivity index (χ2v) is 8.96. The van der Waals surface area contributed by atoms with Crippen LogP contribution in [-0.2, 0) is 10.0 Å². The molecule has 0 radical (unpaired) electrons. The summed E-state index contributed by atoms with van der Waals surface area (Å²) in [6.07, 6.45) is 0. The lowest BCUT2D eigenvalue weighted by molar-refractivity contribution is 0.0609. The molecule has 1 aromatic carbocycles. The number of benzene rings is 1. The Morgan fingerprint density at radius 2 is 1.80 bits per heavy atom. The van der Waals surface area contributed by atoms with Crippen LogP contribution in [0.1, 0.15) is 56.3 Å². The fourth-order valence-electron chi connectivity index (χ4n) is 3.34. The molecular weight excluding hydrogens is 410 g/mol. The molecular formula is C19H23N5O5S. The molecule has 3 rings (SSSR count). The largest absolute Gasteiger partial charge is 0.351 e. The molecule has 0 saturated carbocycles. The third-order valence-corrected chi connectivity index (χ3v) is 6.45. The lowest BCUT2D eigenvalue weighted by Crippen LogP contribution is -2.36. The molecule has 2 aromatic rings. The predicted molar refractivity (Wildman–Crippen MR) is 108 cm³/mol. The summed E-state index contributed by atoms with van der Waals surface area (Å²) in [7, 11) is -3.76. The average Bonchev–Trinajstić information content (AvgIpc) is 3.15. The highest BCUT2D eigenvalue weighted by Gasteiger charge is 2.37. The van der Waals surface area contributed by atoms with Gasteiger partial charge in [-0.1, -0.05) is 0 Å². The molecule has 0 aliphatic carbocycles. The maximum absolute atomic E-state index is 12.5. The quantitative estimate of drug-likeness (QED) is 0.434. The van der Waals surface area contributed by atoms with Gasteiger partial charge in [-0.25, -0.2) is 13.1 Å². The van der Waals surface area contributed by atoms with Crippen LogP contribution in [0.4, 0.5) is 0 Å². The Kier molecular flexibility index (Phi) is 5.77. The van der Waals surface area contributed by atoms with Gasteiger partial charge in [-0.15, -0.1) is 0 Å². The second kappa shape index (κ2) is 8.00. The van der Waals surface area contributed by atoms with E-state index in [0.29, 0.717) is 11.4 Å².